The molecular weight excluding hydrogens is 400 g/mol. The molecule has 1 atom stereocenters. The zero-order valence-corrected chi connectivity index (χ0v) is 17.4. The van der Waals surface area contributed by atoms with Gasteiger partial charge in [-0.3, -0.25) is 4.79 Å². The molecule has 8 heteroatoms. The van der Waals surface area contributed by atoms with Gasteiger partial charge in [0.05, 0.1) is 10.7 Å². The van der Waals surface area contributed by atoms with E-state index in [-0.39, 0.29) is 33.9 Å². The molecule has 6 rings (SSSR count). The first-order valence-corrected chi connectivity index (χ1v) is 11.9. The normalized spacial score (nSPS) is 34.5. The van der Waals surface area contributed by atoms with E-state index in [1.807, 2.05) is 6.92 Å². The molecule has 0 radical (unpaired) electrons. The lowest BCUT2D eigenvalue weighted by Gasteiger charge is -2.59. The topological polar surface area (TPSA) is 84.5 Å². The van der Waals surface area contributed by atoms with Crippen molar-refractivity contribution < 1.29 is 17.9 Å². The summed E-state index contributed by atoms with van der Waals surface area (Å²) in [5.41, 5.74) is 0.460. The molecular formula is C20H25ClN2O4S. The molecule has 4 fully saturated rings. The van der Waals surface area contributed by atoms with Gasteiger partial charge in [-0.15, -0.1) is 0 Å². The molecule has 28 heavy (non-hydrogen) atoms. The predicted octanol–water partition coefficient (Wildman–Crippen LogP) is 3.55. The van der Waals surface area contributed by atoms with E-state index in [9.17, 15) is 13.2 Å². The number of hydrogen-bond donors (Lipinski definition) is 2. The molecule has 0 spiro atoms. The van der Waals surface area contributed by atoms with Gasteiger partial charge in [0.2, 0.25) is 10.0 Å². The monoisotopic (exact) mass is 424 g/mol. The number of nitrogens with one attached hydrogen (secondary N) is 2. The van der Waals surface area contributed by atoms with Gasteiger partial charge in [0.25, 0.3) is 5.91 Å². The molecule has 1 aromatic carbocycles. The highest BCUT2D eigenvalue weighted by atomic mass is 35.5. The minimum Gasteiger partial charge on any atom is -0.482 e. The van der Waals surface area contributed by atoms with E-state index in [2.05, 4.69) is 10.0 Å². The summed E-state index contributed by atoms with van der Waals surface area (Å²) >= 11 is 6.27. The molecule has 4 aliphatic carbocycles. The molecule has 0 aromatic heterocycles. The van der Waals surface area contributed by atoms with Crippen molar-refractivity contribution in [1.82, 2.24) is 4.72 Å². The minimum absolute atomic E-state index is 0.000596. The van der Waals surface area contributed by atoms with Crippen molar-refractivity contribution >= 4 is 33.2 Å². The number of halogens is 1. The second-order valence-corrected chi connectivity index (χ2v) is 11.3. The number of ether oxygens (including phenoxy) is 1. The Balaban J connectivity index is 1.41. The first-order chi connectivity index (χ1) is 13.2. The number of fused-ring (bicyclic) bond motifs is 1. The van der Waals surface area contributed by atoms with Crippen LogP contribution in [0.25, 0.3) is 0 Å². The highest BCUT2D eigenvalue weighted by molar-refractivity contribution is 7.89. The molecule has 1 aromatic rings. The summed E-state index contributed by atoms with van der Waals surface area (Å²) in [5, 5.41) is 2.72. The second-order valence-electron chi connectivity index (χ2n) is 9.24. The summed E-state index contributed by atoms with van der Waals surface area (Å²) in [7, 11) is -3.81. The molecule has 1 unspecified atom stereocenters. The molecule has 6 nitrogen and oxygen atoms in total. The number of benzene rings is 1. The average Bonchev–Trinajstić information content (AvgIpc) is 2.59. The second kappa shape index (κ2) is 6.34. The van der Waals surface area contributed by atoms with Gasteiger partial charge in [0.1, 0.15) is 10.6 Å². The minimum atomic E-state index is -3.81. The number of anilines is 1. The van der Waals surface area contributed by atoms with E-state index in [0.717, 1.165) is 37.0 Å². The third-order valence-electron chi connectivity index (χ3n) is 7.29. The average molecular weight is 425 g/mol. The van der Waals surface area contributed by atoms with Gasteiger partial charge in [-0.2, -0.15) is 0 Å². The van der Waals surface area contributed by atoms with Gasteiger partial charge in [0, 0.05) is 12.1 Å². The number of amides is 1. The van der Waals surface area contributed by atoms with Crippen molar-refractivity contribution in [2.75, 3.05) is 11.9 Å². The van der Waals surface area contributed by atoms with E-state index in [0.29, 0.717) is 11.4 Å². The van der Waals surface area contributed by atoms with Crippen LogP contribution in [0.5, 0.6) is 5.75 Å². The molecule has 152 valence electrons. The van der Waals surface area contributed by atoms with Crippen molar-refractivity contribution in [1.29, 1.82) is 0 Å². The van der Waals surface area contributed by atoms with Crippen molar-refractivity contribution in [2.24, 2.45) is 23.2 Å². The fourth-order valence-corrected chi connectivity index (χ4v) is 8.31. The van der Waals surface area contributed by atoms with E-state index < -0.39 is 10.0 Å². The Bertz CT molecular complexity index is 910. The van der Waals surface area contributed by atoms with E-state index in [4.69, 9.17) is 16.3 Å². The SMILES string of the molecule is CC(NS(=O)(=O)c1cc2c(cc1Cl)NC(=O)CO2)C12CC3CC(CC(C3)C1)C2. The summed E-state index contributed by atoms with van der Waals surface area (Å²) in [6.07, 6.45) is 7.32. The standard InChI is InChI=1S/C20H25ClN2O4S/c1-11(20-7-12-2-13(8-20)4-14(3-12)9-20)23-28(25,26)18-6-17-16(5-15(18)21)22-19(24)10-27-17/h5-6,11-14,23H,2-4,7-10H2,1H3,(H,22,24). The van der Waals surface area contributed by atoms with Crippen LogP contribution in [0.4, 0.5) is 5.69 Å². The number of sulfonamides is 1. The first-order valence-electron chi connectivity index (χ1n) is 10.0. The van der Waals surface area contributed by atoms with Gasteiger partial charge >= 0.3 is 0 Å². The Morgan fingerprint density at radius 3 is 2.39 bits per heavy atom. The zero-order valence-electron chi connectivity index (χ0n) is 15.8. The van der Waals surface area contributed by atoms with Crippen LogP contribution < -0.4 is 14.8 Å². The Labute approximate surface area is 170 Å². The fraction of sp³-hybridized carbons (Fsp3) is 0.650. The maximum atomic E-state index is 13.2. The highest BCUT2D eigenvalue weighted by Gasteiger charge is 2.53. The van der Waals surface area contributed by atoms with Crippen LogP contribution in [0.3, 0.4) is 0 Å². The lowest BCUT2D eigenvalue weighted by Crippen LogP contribution is -2.55. The Morgan fingerprint density at radius 1 is 1.18 bits per heavy atom. The van der Waals surface area contributed by atoms with E-state index >= 15 is 0 Å². The highest BCUT2D eigenvalue weighted by Crippen LogP contribution is 2.61. The van der Waals surface area contributed by atoms with E-state index in [1.54, 1.807) is 0 Å². The molecule has 1 aliphatic heterocycles. The Hall–Kier alpha value is -1.31. The number of carbonyl (C=O) groups excluding carboxylic acids is 1. The Kier molecular flexibility index (Phi) is 4.24. The van der Waals surface area contributed by atoms with Crippen LogP contribution >= 0.6 is 11.6 Å². The van der Waals surface area contributed by atoms with Crippen LogP contribution in [-0.2, 0) is 14.8 Å². The molecule has 4 bridgehead atoms. The molecule has 2 N–H and O–H groups in total. The largest absolute Gasteiger partial charge is 0.482 e. The molecule has 1 amide bonds. The van der Waals surface area contributed by atoms with Crippen molar-refractivity contribution in [3.63, 3.8) is 0 Å². The van der Waals surface area contributed by atoms with Crippen molar-refractivity contribution in [3.8, 4) is 5.75 Å². The molecule has 0 saturated heterocycles. The predicted molar refractivity (Wildman–Crippen MR) is 106 cm³/mol. The van der Waals surface area contributed by atoms with Gasteiger partial charge in [0.15, 0.2) is 6.61 Å². The number of hydrogen-bond acceptors (Lipinski definition) is 4. The molecule has 1 heterocycles. The summed E-state index contributed by atoms with van der Waals surface area (Å²) in [5.74, 6) is 2.30. The molecule has 4 saturated carbocycles. The zero-order chi connectivity index (χ0) is 19.7. The van der Waals surface area contributed by atoms with E-state index in [1.165, 1.54) is 31.4 Å². The van der Waals surface area contributed by atoms with Crippen LogP contribution in [0.2, 0.25) is 5.02 Å². The molecule has 5 aliphatic rings. The quantitative estimate of drug-likeness (QED) is 0.774. The lowest BCUT2D eigenvalue weighted by molar-refractivity contribution is -0.118. The van der Waals surface area contributed by atoms with Gasteiger partial charge in [-0.05, 0) is 74.7 Å². The number of carbonyl (C=O) groups is 1. The summed E-state index contributed by atoms with van der Waals surface area (Å²) in [4.78, 5) is 11.5. The third-order valence-corrected chi connectivity index (χ3v) is 9.30. The summed E-state index contributed by atoms with van der Waals surface area (Å²) in [6, 6.07) is 2.71. The third kappa shape index (κ3) is 3.02. The summed E-state index contributed by atoms with van der Waals surface area (Å²) in [6.45, 7) is 1.87. The van der Waals surface area contributed by atoms with Crippen molar-refractivity contribution in [2.45, 2.75) is 56.4 Å². The smallest absolute Gasteiger partial charge is 0.262 e. The lowest BCUT2D eigenvalue weighted by atomic mass is 9.48. The maximum Gasteiger partial charge on any atom is 0.262 e. The van der Waals surface area contributed by atoms with Crippen LogP contribution in [-0.4, -0.2) is 27.0 Å². The van der Waals surface area contributed by atoms with Crippen LogP contribution in [0.1, 0.15) is 45.4 Å². The fourth-order valence-electron chi connectivity index (χ4n) is 6.42. The van der Waals surface area contributed by atoms with Gasteiger partial charge in [-0.1, -0.05) is 11.6 Å². The van der Waals surface area contributed by atoms with Gasteiger partial charge in [-0.25, -0.2) is 13.1 Å². The van der Waals surface area contributed by atoms with Crippen LogP contribution in [0.15, 0.2) is 17.0 Å². The van der Waals surface area contributed by atoms with Gasteiger partial charge < -0.3 is 10.1 Å². The van der Waals surface area contributed by atoms with Crippen molar-refractivity contribution in [3.05, 3.63) is 17.2 Å². The Morgan fingerprint density at radius 2 is 1.79 bits per heavy atom. The van der Waals surface area contributed by atoms with Crippen LogP contribution in [0, 0.1) is 23.2 Å². The maximum absolute atomic E-state index is 13.2. The first kappa shape index (κ1) is 18.7. The summed E-state index contributed by atoms with van der Waals surface area (Å²) < 4.78 is 34.6. The number of rotatable bonds is 4.